The van der Waals surface area contributed by atoms with Gasteiger partial charge in [0.25, 0.3) is 11.8 Å². The molecule has 0 atom stereocenters. The van der Waals surface area contributed by atoms with E-state index in [1.807, 2.05) is 49.4 Å². The first-order chi connectivity index (χ1) is 15.0. The Labute approximate surface area is 179 Å². The van der Waals surface area contributed by atoms with Crippen LogP contribution in [0.25, 0.3) is 6.08 Å². The third-order valence-corrected chi connectivity index (χ3v) is 4.82. The molecular weight excluding hydrogens is 392 g/mol. The minimum atomic E-state index is -0.772. The number of para-hydroxylation sites is 1. The average molecular weight is 412 g/mol. The van der Waals surface area contributed by atoms with Gasteiger partial charge in [0.05, 0.1) is 5.69 Å². The van der Waals surface area contributed by atoms with E-state index in [0.29, 0.717) is 23.6 Å². The summed E-state index contributed by atoms with van der Waals surface area (Å²) in [5.41, 5.74) is 2.70. The third-order valence-electron chi connectivity index (χ3n) is 4.82. The molecule has 1 aliphatic rings. The minimum absolute atomic E-state index is 0.142. The average Bonchev–Trinajstić information content (AvgIpc) is 2.76. The molecule has 0 aliphatic carbocycles. The third kappa shape index (κ3) is 4.38. The summed E-state index contributed by atoms with van der Waals surface area (Å²) in [6, 6.07) is 23.0. The van der Waals surface area contributed by atoms with Gasteiger partial charge < -0.3 is 4.74 Å². The number of benzene rings is 3. The summed E-state index contributed by atoms with van der Waals surface area (Å²) in [6.45, 7) is 2.20. The molecule has 4 rings (SSSR count). The van der Waals surface area contributed by atoms with Crippen molar-refractivity contribution in [3.8, 4) is 5.75 Å². The van der Waals surface area contributed by atoms with Crippen LogP contribution in [-0.4, -0.2) is 17.8 Å². The summed E-state index contributed by atoms with van der Waals surface area (Å²) >= 11 is 0. The molecule has 6 heteroatoms. The fourth-order valence-corrected chi connectivity index (χ4v) is 3.28. The van der Waals surface area contributed by atoms with Gasteiger partial charge >= 0.3 is 6.03 Å². The highest BCUT2D eigenvalue weighted by atomic mass is 16.5. The molecule has 1 N–H and O–H groups in total. The van der Waals surface area contributed by atoms with Crippen LogP contribution in [0.15, 0.2) is 84.4 Å². The van der Waals surface area contributed by atoms with E-state index in [2.05, 4.69) is 5.32 Å². The lowest BCUT2D eigenvalue weighted by molar-refractivity contribution is -0.122. The topological polar surface area (TPSA) is 75.7 Å². The molecule has 1 heterocycles. The van der Waals surface area contributed by atoms with Gasteiger partial charge in [0.15, 0.2) is 0 Å². The molecule has 154 valence electrons. The summed E-state index contributed by atoms with van der Waals surface area (Å²) in [5, 5.41) is 2.24. The molecule has 0 spiro atoms. The monoisotopic (exact) mass is 412 g/mol. The Morgan fingerprint density at radius 2 is 1.65 bits per heavy atom. The van der Waals surface area contributed by atoms with Gasteiger partial charge in [-0.05, 0) is 42.3 Å². The largest absolute Gasteiger partial charge is 0.488 e. The number of carbonyl (C=O) groups is 3. The molecule has 1 saturated heterocycles. The molecule has 0 aromatic heterocycles. The van der Waals surface area contributed by atoms with Gasteiger partial charge in [0.2, 0.25) is 0 Å². The zero-order valence-corrected chi connectivity index (χ0v) is 16.9. The number of barbiturate groups is 1. The molecule has 0 unspecified atom stereocenters. The van der Waals surface area contributed by atoms with Crippen molar-refractivity contribution in [1.82, 2.24) is 5.32 Å². The minimum Gasteiger partial charge on any atom is -0.488 e. The molecule has 3 aromatic rings. The fraction of sp³-hybridized carbons (Fsp3) is 0.0800. The number of hydrogen-bond acceptors (Lipinski definition) is 4. The normalized spacial score (nSPS) is 15.2. The van der Waals surface area contributed by atoms with Crippen molar-refractivity contribution >= 4 is 29.6 Å². The van der Waals surface area contributed by atoms with E-state index >= 15 is 0 Å². The first kappa shape index (κ1) is 20.1. The molecule has 1 aliphatic heterocycles. The number of amides is 4. The van der Waals surface area contributed by atoms with Gasteiger partial charge in [-0.3, -0.25) is 14.9 Å². The van der Waals surface area contributed by atoms with E-state index in [9.17, 15) is 14.4 Å². The molecule has 6 nitrogen and oxygen atoms in total. The van der Waals surface area contributed by atoms with Crippen LogP contribution in [-0.2, 0) is 16.2 Å². The maximum absolute atomic E-state index is 13.1. The van der Waals surface area contributed by atoms with Gasteiger partial charge in [-0.15, -0.1) is 0 Å². The number of ether oxygens (including phenoxy) is 1. The van der Waals surface area contributed by atoms with Crippen LogP contribution < -0.4 is 15.0 Å². The van der Waals surface area contributed by atoms with Crippen molar-refractivity contribution in [1.29, 1.82) is 0 Å². The van der Waals surface area contributed by atoms with E-state index < -0.39 is 17.8 Å². The van der Waals surface area contributed by atoms with Crippen molar-refractivity contribution in [3.05, 3.63) is 101 Å². The molecule has 1 fully saturated rings. The van der Waals surface area contributed by atoms with Crippen LogP contribution >= 0.6 is 0 Å². The van der Waals surface area contributed by atoms with Crippen molar-refractivity contribution in [2.24, 2.45) is 0 Å². The second kappa shape index (κ2) is 8.67. The second-order valence-corrected chi connectivity index (χ2v) is 7.11. The van der Waals surface area contributed by atoms with E-state index in [0.717, 1.165) is 16.0 Å². The number of imide groups is 2. The summed E-state index contributed by atoms with van der Waals surface area (Å²) in [5.74, 6) is -0.896. The van der Waals surface area contributed by atoms with Crippen LogP contribution in [0.5, 0.6) is 5.75 Å². The Kier molecular flexibility index (Phi) is 5.62. The SMILES string of the molecule is Cc1cccc(N2C(=O)NC(=O)/C(=C\c3ccccc3OCc3ccccc3)C2=O)c1. The highest BCUT2D eigenvalue weighted by Gasteiger charge is 2.37. The van der Waals surface area contributed by atoms with Crippen LogP contribution in [0.4, 0.5) is 10.5 Å². The highest BCUT2D eigenvalue weighted by Crippen LogP contribution is 2.26. The van der Waals surface area contributed by atoms with Crippen molar-refractivity contribution < 1.29 is 19.1 Å². The maximum Gasteiger partial charge on any atom is 0.335 e. The summed E-state index contributed by atoms with van der Waals surface area (Å²) in [4.78, 5) is 38.9. The number of hydrogen-bond donors (Lipinski definition) is 1. The molecule has 0 bridgehead atoms. The molecule has 0 saturated carbocycles. The van der Waals surface area contributed by atoms with Crippen LogP contribution in [0.3, 0.4) is 0 Å². The Bertz CT molecular complexity index is 1180. The molecule has 0 radical (unpaired) electrons. The second-order valence-electron chi connectivity index (χ2n) is 7.11. The van der Waals surface area contributed by atoms with Crippen molar-refractivity contribution in [2.45, 2.75) is 13.5 Å². The quantitative estimate of drug-likeness (QED) is 0.502. The molecule has 3 aromatic carbocycles. The Morgan fingerprint density at radius 1 is 0.903 bits per heavy atom. The van der Waals surface area contributed by atoms with Crippen LogP contribution in [0, 0.1) is 6.92 Å². The first-order valence-corrected chi connectivity index (χ1v) is 9.77. The number of urea groups is 1. The van der Waals surface area contributed by atoms with Crippen molar-refractivity contribution in [2.75, 3.05) is 4.90 Å². The number of anilines is 1. The van der Waals surface area contributed by atoms with E-state index in [1.165, 1.54) is 6.08 Å². The lowest BCUT2D eigenvalue weighted by Gasteiger charge is -2.26. The lowest BCUT2D eigenvalue weighted by Crippen LogP contribution is -2.54. The van der Waals surface area contributed by atoms with Gasteiger partial charge in [0.1, 0.15) is 17.9 Å². The number of carbonyl (C=O) groups excluding carboxylic acids is 3. The summed E-state index contributed by atoms with van der Waals surface area (Å²) < 4.78 is 5.92. The number of nitrogens with zero attached hydrogens (tertiary/aromatic N) is 1. The molecule has 31 heavy (non-hydrogen) atoms. The molecular formula is C25H20N2O4. The maximum atomic E-state index is 13.1. The smallest absolute Gasteiger partial charge is 0.335 e. The fourth-order valence-electron chi connectivity index (χ4n) is 3.28. The van der Waals surface area contributed by atoms with E-state index in [4.69, 9.17) is 4.74 Å². The Morgan fingerprint density at radius 3 is 2.42 bits per heavy atom. The standard InChI is InChI=1S/C25H20N2O4/c1-17-8-7-12-20(14-17)27-24(29)21(23(28)26-25(27)30)15-19-11-5-6-13-22(19)31-16-18-9-3-2-4-10-18/h2-15H,16H2,1H3,(H,26,28,30)/b21-15+. The Balaban J connectivity index is 1.65. The van der Waals surface area contributed by atoms with E-state index in [1.54, 1.807) is 36.4 Å². The zero-order valence-electron chi connectivity index (χ0n) is 16.9. The predicted octanol–water partition coefficient (Wildman–Crippen LogP) is 4.24. The van der Waals surface area contributed by atoms with Gasteiger partial charge in [-0.25, -0.2) is 9.69 Å². The Hall–Kier alpha value is -4.19. The molecule has 4 amide bonds. The number of aryl methyl sites for hydroxylation is 1. The predicted molar refractivity (Wildman–Crippen MR) is 117 cm³/mol. The number of rotatable bonds is 5. The van der Waals surface area contributed by atoms with Crippen LogP contribution in [0.2, 0.25) is 0 Å². The summed E-state index contributed by atoms with van der Waals surface area (Å²) in [6.07, 6.45) is 1.45. The van der Waals surface area contributed by atoms with Gasteiger partial charge in [-0.2, -0.15) is 0 Å². The zero-order chi connectivity index (χ0) is 21.8. The van der Waals surface area contributed by atoms with Crippen LogP contribution in [0.1, 0.15) is 16.7 Å². The highest BCUT2D eigenvalue weighted by molar-refractivity contribution is 6.39. The van der Waals surface area contributed by atoms with Gasteiger partial charge in [-0.1, -0.05) is 60.7 Å². The lowest BCUT2D eigenvalue weighted by atomic mass is 10.1. The van der Waals surface area contributed by atoms with Gasteiger partial charge in [0, 0.05) is 5.56 Å². The summed E-state index contributed by atoms with van der Waals surface area (Å²) in [7, 11) is 0. The number of nitrogens with one attached hydrogen (secondary N) is 1. The van der Waals surface area contributed by atoms with E-state index in [-0.39, 0.29) is 5.57 Å². The first-order valence-electron chi connectivity index (χ1n) is 9.77. The van der Waals surface area contributed by atoms with Crippen molar-refractivity contribution in [3.63, 3.8) is 0 Å².